The molecule has 0 radical (unpaired) electrons. The Labute approximate surface area is 111 Å². The van der Waals surface area contributed by atoms with Crippen LogP contribution in [0.2, 0.25) is 0 Å². The lowest BCUT2D eigenvalue weighted by atomic mass is 10.1. The molecule has 1 aliphatic carbocycles. The van der Waals surface area contributed by atoms with Crippen molar-refractivity contribution >= 4 is 11.8 Å². The molecule has 1 saturated heterocycles. The Bertz CT molecular complexity index is 523. The van der Waals surface area contributed by atoms with Crippen molar-refractivity contribution < 1.29 is 14.0 Å². The van der Waals surface area contributed by atoms with Crippen molar-refractivity contribution in [2.45, 2.75) is 26.9 Å². The number of fused-ring (bicyclic) bond motifs is 1. The quantitative estimate of drug-likeness (QED) is 0.827. The monoisotopic (exact) mass is 262 g/mol. The van der Waals surface area contributed by atoms with Crippen LogP contribution in [0, 0.1) is 17.3 Å². The Hall–Kier alpha value is -1.62. The minimum Gasteiger partial charge on any atom is -0.463 e. The number of amides is 2. The summed E-state index contributed by atoms with van der Waals surface area (Å²) in [5.41, 5.74) is -0.148. The Morgan fingerprint density at radius 2 is 1.79 bits per heavy atom. The maximum absolute atomic E-state index is 12.2. The van der Waals surface area contributed by atoms with Gasteiger partial charge in [-0.25, -0.2) is 0 Å². The second-order valence-electron chi connectivity index (χ2n) is 5.94. The van der Waals surface area contributed by atoms with Crippen molar-refractivity contribution in [3.8, 4) is 0 Å². The first-order valence-electron chi connectivity index (χ1n) is 6.54. The van der Waals surface area contributed by atoms with Crippen molar-refractivity contribution in [3.63, 3.8) is 0 Å². The number of nitrogens with zero attached hydrogens (tertiary/aromatic N) is 1. The summed E-state index contributed by atoms with van der Waals surface area (Å²) in [6.45, 7) is 4.85. The third-order valence-electron chi connectivity index (χ3n) is 4.27. The topological polar surface area (TPSA) is 62.6 Å². The third-order valence-corrected chi connectivity index (χ3v) is 4.27. The maximum atomic E-state index is 12.2. The molecule has 5 heteroatoms. The predicted octanol–water partition coefficient (Wildman–Crippen LogP) is 1.14. The van der Waals surface area contributed by atoms with Gasteiger partial charge in [-0.2, -0.15) is 0 Å². The maximum Gasteiger partial charge on any atom is 0.234 e. The van der Waals surface area contributed by atoms with E-state index in [1.165, 1.54) is 4.90 Å². The number of rotatable bonds is 4. The van der Waals surface area contributed by atoms with Crippen LogP contribution < -0.4 is 5.32 Å². The van der Waals surface area contributed by atoms with Gasteiger partial charge >= 0.3 is 0 Å². The highest BCUT2D eigenvalue weighted by molar-refractivity contribution is 6.10. The van der Waals surface area contributed by atoms with Crippen LogP contribution >= 0.6 is 0 Å². The number of furan rings is 1. The summed E-state index contributed by atoms with van der Waals surface area (Å²) in [6.07, 6.45) is 0. The van der Waals surface area contributed by atoms with Crippen molar-refractivity contribution in [1.29, 1.82) is 0 Å². The Kier molecular flexibility index (Phi) is 2.57. The molecule has 1 aromatic heterocycles. The minimum atomic E-state index is -0.148. The summed E-state index contributed by atoms with van der Waals surface area (Å²) in [5, 5.41) is 2.99. The summed E-state index contributed by atoms with van der Waals surface area (Å²) >= 11 is 0. The largest absolute Gasteiger partial charge is 0.463 e. The van der Waals surface area contributed by atoms with E-state index < -0.39 is 0 Å². The number of likely N-dealkylation sites (tertiary alicyclic amines) is 1. The number of hydrogen-bond donors (Lipinski definition) is 1. The molecule has 2 aliphatic rings. The molecule has 19 heavy (non-hydrogen) atoms. The van der Waals surface area contributed by atoms with Crippen LogP contribution in [-0.4, -0.2) is 23.8 Å². The molecule has 2 unspecified atom stereocenters. The number of imide groups is 1. The van der Waals surface area contributed by atoms with E-state index in [-0.39, 0.29) is 35.6 Å². The van der Waals surface area contributed by atoms with E-state index in [1.807, 2.05) is 33.0 Å². The second kappa shape index (κ2) is 3.93. The van der Waals surface area contributed by atoms with Gasteiger partial charge in [0, 0.05) is 0 Å². The molecule has 0 spiro atoms. The number of hydrogen-bond acceptors (Lipinski definition) is 4. The lowest BCUT2D eigenvalue weighted by Crippen LogP contribution is -2.35. The van der Waals surface area contributed by atoms with E-state index in [0.29, 0.717) is 12.3 Å². The Balaban J connectivity index is 1.71. The summed E-state index contributed by atoms with van der Waals surface area (Å²) in [5.74, 6) is 1.13. The van der Waals surface area contributed by atoms with E-state index in [0.717, 1.165) is 5.76 Å². The molecule has 1 aliphatic heterocycles. The molecule has 2 heterocycles. The van der Waals surface area contributed by atoms with Crippen molar-refractivity contribution in [1.82, 2.24) is 10.2 Å². The lowest BCUT2D eigenvalue weighted by Gasteiger charge is -2.19. The van der Waals surface area contributed by atoms with Crippen LogP contribution in [0.1, 0.15) is 25.4 Å². The smallest absolute Gasteiger partial charge is 0.234 e. The molecular weight excluding hydrogens is 244 g/mol. The van der Waals surface area contributed by atoms with Crippen molar-refractivity contribution in [2.75, 3.05) is 7.05 Å². The molecule has 1 aromatic rings. The average molecular weight is 262 g/mol. The number of carbonyl (C=O) groups is 2. The molecule has 1 N–H and O–H groups in total. The standard InChI is InChI=1S/C14H18N2O3/c1-14(2)10-11(14)13(18)16(12(10)17)7-9-5-4-8(19-9)6-15-3/h4-5,10-11,15H,6-7H2,1-3H3. The minimum absolute atomic E-state index is 0.0495. The SMILES string of the molecule is CNCc1ccc(CN2C(=O)C3C(C2=O)C3(C)C)o1. The van der Waals surface area contributed by atoms with Crippen LogP contribution in [0.25, 0.3) is 0 Å². The van der Waals surface area contributed by atoms with Gasteiger partial charge in [-0.3, -0.25) is 14.5 Å². The van der Waals surface area contributed by atoms with Crippen LogP contribution in [-0.2, 0) is 22.7 Å². The van der Waals surface area contributed by atoms with Gasteiger partial charge in [0.2, 0.25) is 11.8 Å². The van der Waals surface area contributed by atoms with E-state index >= 15 is 0 Å². The fraction of sp³-hybridized carbons (Fsp3) is 0.571. The molecule has 0 aromatic carbocycles. The van der Waals surface area contributed by atoms with Gasteiger partial charge < -0.3 is 9.73 Å². The Morgan fingerprint density at radius 3 is 2.37 bits per heavy atom. The fourth-order valence-electron chi connectivity index (χ4n) is 3.09. The summed E-state index contributed by atoms with van der Waals surface area (Å²) in [4.78, 5) is 25.7. The highest BCUT2D eigenvalue weighted by Gasteiger charge is 2.72. The van der Waals surface area contributed by atoms with Gasteiger partial charge in [-0.05, 0) is 24.6 Å². The van der Waals surface area contributed by atoms with E-state index in [2.05, 4.69) is 5.32 Å². The van der Waals surface area contributed by atoms with E-state index in [9.17, 15) is 9.59 Å². The number of carbonyl (C=O) groups excluding carboxylic acids is 2. The van der Waals surface area contributed by atoms with Gasteiger partial charge in [0.1, 0.15) is 11.5 Å². The van der Waals surface area contributed by atoms with Crippen molar-refractivity contribution in [2.24, 2.45) is 17.3 Å². The van der Waals surface area contributed by atoms with Gasteiger partial charge in [-0.15, -0.1) is 0 Å². The third kappa shape index (κ3) is 1.72. The van der Waals surface area contributed by atoms with Crippen LogP contribution in [0.4, 0.5) is 0 Å². The number of piperidine rings is 1. The van der Waals surface area contributed by atoms with E-state index in [4.69, 9.17) is 4.42 Å². The molecule has 2 amide bonds. The molecule has 0 bridgehead atoms. The molecule has 1 saturated carbocycles. The highest BCUT2D eigenvalue weighted by Crippen LogP contribution is 2.63. The van der Waals surface area contributed by atoms with Crippen molar-refractivity contribution in [3.05, 3.63) is 23.7 Å². The summed E-state index contributed by atoms with van der Waals surface area (Å²) in [6, 6.07) is 3.68. The van der Waals surface area contributed by atoms with Crippen LogP contribution in [0.3, 0.4) is 0 Å². The molecule has 2 fully saturated rings. The normalized spacial score (nSPS) is 27.8. The lowest BCUT2D eigenvalue weighted by molar-refractivity contribution is -0.144. The summed E-state index contributed by atoms with van der Waals surface area (Å²) < 4.78 is 5.58. The van der Waals surface area contributed by atoms with Gasteiger partial charge in [0.15, 0.2) is 0 Å². The zero-order valence-corrected chi connectivity index (χ0v) is 11.4. The van der Waals surface area contributed by atoms with Crippen LogP contribution in [0.5, 0.6) is 0 Å². The first-order valence-corrected chi connectivity index (χ1v) is 6.54. The highest BCUT2D eigenvalue weighted by atomic mass is 16.3. The zero-order chi connectivity index (χ0) is 13.8. The molecular formula is C14H18N2O3. The first-order chi connectivity index (χ1) is 8.96. The first kappa shape index (κ1) is 12.4. The predicted molar refractivity (Wildman–Crippen MR) is 67.8 cm³/mol. The molecule has 3 rings (SSSR count). The van der Waals surface area contributed by atoms with Crippen LogP contribution in [0.15, 0.2) is 16.5 Å². The molecule has 5 nitrogen and oxygen atoms in total. The molecule has 102 valence electrons. The van der Waals surface area contributed by atoms with Gasteiger partial charge in [0.25, 0.3) is 0 Å². The second-order valence-corrected chi connectivity index (χ2v) is 5.94. The molecule has 2 atom stereocenters. The zero-order valence-electron chi connectivity index (χ0n) is 11.4. The Morgan fingerprint density at radius 1 is 1.21 bits per heavy atom. The van der Waals surface area contributed by atoms with E-state index in [1.54, 1.807) is 0 Å². The average Bonchev–Trinajstić information content (AvgIpc) is 2.64. The fourth-order valence-corrected chi connectivity index (χ4v) is 3.09. The number of nitrogens with one attached hydrogen (secondary N) is 1. The van der Waals surface area contributed by atoms with Gasteiger partial charge in [-0.1, -0.05) is 13.8 Å². The summed E-state index contributed by atoms with van der Waals surface area (Å²) in [7, 11) is 1.84. The van der Waals surface area contributed by atoms with Gasteiger partial charge in [0.05, 0.1) is 24.9 Å².